The Kier molecular flexibility index (Phi) is 6.92. The van der Waals surface area contributed by atoms with Crippen LogP contribution in [-0.2, 0) is 20.5 Å². The third-order valence-corrected chi connectivity index (χ3v) is 9.06. The van der Waals surface area contributed by atoms with Gasteiger partial charge in [0.1, 0.15) is 0 Å². The standard InChI is InChI=1S/C21H24N4O3S3/c1-15-5-3-8-19(16(15)2)22-20-23-24-21(30-20)29-14-17-6-4-7-18(13-17)31(26,27)25-9-11-28-12-10-25/h3-8,13H,9-12,14H2,1-2H3,(H,22,23). The number of aryl methyl sites for hydroxylation is 1. The van der Waals surface area contributed by atoms with Crippen molar-refractivity contribution >= 4 is 43.9 Å². The van der Waals surface area contributed by atoms with Gasteiger partial charge in [-0.15, -0.1) is 10.2 Å². The lowest BCUT2D eigenvalue weighted by atomic mass is 10.1. The fraction of sp³-hybridized carbons (Fsp3) is 0.333. The molecule has 4 rings (SSSR count). The first kappa shape index (κ1) is 22.2. The van der Waals surface area contributed by atoms with E-state index < -0.39 is 10.0 Å². The van der Waals surface area contributed by atoms with Crippen LogP contribution in [0.15, 0.2) is 51.7 Å². The molecule has 0 saturated carbocycles. The largest absolute Gasteiger partial charge is 0.379 e. The second kappa shape index (κ2) is 9.66. The average Bonchev–Trinajstić information content (AvgIpc) is 3.24. The minimum atomic E-state index is -3.50. The molecular weight excluding hydrogens is 452 g/mol. The molecule has 1 aromatic heterocycles. The van der Waals surface area contributed by atoms with Crippen molar-refractivity contribution in [1.29, 1.82) is 0 Å². The van der Waals surface area contributed by atoms with Gasteiger partial charge in [0.25, 0.3) is 0 Å². The second-order valence-electron chi connectivity index (χ2n) is 7.20. The lowest BCUT2D eigenvalue weighted by Gasteiger charge is -2.26. The van der Waals surface area contributed by atoms with Gasteiger partial charge in [-0.3, -0.25) is 0 Å². The summed E-state index contributed by atoms with van der Waals surface area (Å²) < 4.78 is 33.3. The van der Waals surface area contributed by atoms with Crippen molar-refractivity contribution in [3.63, 3.8) is 0 Å². The van der Waals surface area contributed by atoms with Gasteiger partial charge < -0.3 is 10.1 Å². The Morgan fingerprint density at radius 1 is 1.13 bits per heavy atom. The number of nitrogens with zero attached hydrogens (tertiary/aromatic N) is 3. The molecule has 10 heteroatoms. The topological polar surface area (TPSA) is 84.4 Å². The van der Waals surface area contributed by atoms with Crippen LogP contribution in [0.4, 0.5) is 10.8 Å². The molecule has 164 valence electrons. The van der Waals surface area contributed by atoms with E-state index in [1.54, 1.807) is 30.0 Å². The molecule has 2 heterocycles. The highest BCUT2D eigenvalue weighted by atomic mass is 32.2. The van der Waals surface area contributed by atoms with E-state index in [4.69, 9.17) is 4.74 Å². The lowest BCUT2D eigenvalue weighted by molar-refractivity contribution is 0.0730. The Balaban J connectivity index is 1.41. The Labute approximate surface area is 190 Å². The molecule has 0 aliphatic carbocycles. The highest BCUT2D eigenvalue weighted by Gasteiger charge is 2.26. The van der Waals surface area contributed by atoms with Gasteiger partial charge >= 0.3 is 0 Å². The molecule has 1 fully saturated rings. The summed E-state index contributed by atoms with van der Waals surface area (Å²) in [6.45, 7) is 5.81. The number of anilines is 2. The van der Waals surface area contributed by atoms with Crippen LogP contribution >= 0.6 is 23.1 Å². The van der Waals surface area contributed by atoms with E-state index in [1.165, 1.54) is 26.8 Å². The van der Waals surface area contributed by atoms with Crippen LogP contribution in [0.25, 0.3) is 0 Å². The fourth-order valence-corrected chi connectivity index (χ4v) is 6.38. The van der Waals surface area contributed by atoms with Crippen molar-refractivity contribution in [3.05, 3.63) is 59.2 Å². The summed E-state index contributed by atoms with van der Waals surface area (Å²) in [5.41, 5.74) is 4.36. The van der Waals surface area contributed by atoms with Crippen molar-refractivity contribution in [3.8, 4) is 0 Å². The molecule has 1 saturated heterocycles. The highest BCUT2D eigenvalue weighted by Crippen LogP contribution is 2.31. The van der Waals surface area contributed by atoms with Crippen LogP contribution in [0.3, 0.4) is 0 Å². The van der Waals surface area contributed by atoms with Crippen molar-refractivity contribution in [1.82, 2.24) is 14.5 Å². The molecule has 31 heavy (non-hydrogen) atoms. The number of thioether (sulfide) groups is 1. The van der Waals surface area contributed by atoms with E-state index in [0.29, 0.717) is 37.0 Å². The predicted octanol–water partition coefficient (Wildman–Crippen LogP) is 4.21. The van der Waals surface area contributed by atoms with E-state index in [-0.39, 0.29) is 0 Å². The molecule has 0 spiro atoms. The number of hydrogen-bond donors (Lipinski definition) is 1. The molecule has 2 aromatic carbocycles. The van der Waals surface area contributed by atoms with Crippen molar-refractivity contribution in [2.45, 2.75) is 28.8 Å². The Morgan fingerprint density at radius 3 is 2.71 bits per heavy atom. The van der Waals surface area contributed by atoms with Crippen LogP contribution in [0.1, 0.15) is 16.7 Å². The van der Waals surface area contributed by atoms with Crippen LogP contribution in [0.2, 0.25) is 0 Å². The predicted molar refractivity (Wildman–Crippen MR) is 125 cm³/mol. The molecule has 0 unspecified atom stereocenters. The van der Waals surface area contributed by atoms with E-state index in [2.05, 4.69) is 35.4 Å². The van der Waals surface area contributed by atoms with E-state index in [1.807, 2.05) is 18.2 Å². The zero-order valence-electron chi connectivity index (χ0n) is 17.4. The average molecular weight is 477 g/mol. The summed E-state index contributed by atoms with van der Waals surface area (Å²) in [4.78, 5) is 0.321. The summed E-state index contributed by atoms with van der Waals surface area (Å²) >= 11 is 3.03. The summed E-state index contributed by atoms with van der Waals surface area (Å²) in [5.74, 6) is 0.616. The molecule has 1 N–H and O–H groups in total. The van der Waals surface area contributed by atoms with Gasteiger partial charge in [0.15, 0.2) is 4.34 Å². The third-order valence-electron chi connectivity index (χ3n) is 5.12. The monoisotopic (exact) mass is 476 g/mol. The fourth-order valence-electron chi connectivity index (χ4n) is 3.20. The maximum atomic E-state index is 12.9. The summed E-state index contributed by atoms with van der Waals surface area (Å²) in [5, 5.41) is 12.6. The van der Waals surface area contributed by atoms with Gasteiger partial charge in [0.2, 0.25) is 15.2 Å². The van der Waals surface area contributed by atoms with E-state index in [9.17, 15) is 8.42 Å². The minimum absolute atomic E-state index is 0.321. The number of sulfonamides is 1. The van der Waals surface area contributed by atoms with E-state index >= 15 is 0 Å². The van der Waals surface area contributed by atoms with Gasteiger partial charge in [0.05, 0.1) is 18.1 Å². The highest BCUT2D eigenvalue weighted by molar-refractivity contribution is 8.00. The SMILES string of the molecule is Cc1cccc(Nc2nnc(SCc3cccc(S(=O)(=O)N4CCOCC4)c3)s2)c1C. The zero-order chi connectivity index (χ0) is 21.8. The Morgan fingerprint density at radius 2 is 1.90 bits per heavy atom. The number of nitrogens with one attached hydrogen (secondary N) is 1. The van der Waals surface area contributed by atoms with Crippen molar-refractivity contribution in [2.24, 2.45) is 0 Å². The maximum Gasteiger partial charge on any atom is 0.243 e. The van der Waals surface area contributed by atoms with Gasteiger partial charge in [-0.05, 0) is 48.7 Å². The number of benzene rings is 2. The third kappa shape index (κ3) is 5.27. The molecule has 0 amide bonds. The number of rotatable bonds is 7. The van der Waals surface area contributed by atoms with Crippen LogP contribution < -0.4 is 5.32 Å². The molecule has 0 atom stereocenters. The second-order valence-corrected chi connectivity index (χ2v) is 11.3. The molecule has 1 aliphatic heterocycles. The van der Waals surface area contributed by atoms with Gasteiger partial charge in [-0.2, -0.15) is 4.31 Å². The van der Waals surface area contributed by atoms with Crippen molar-refractivity contribution in [2.75, 3.05) is 31.6 Å². The molecule has 1 aliphatic rings. The first-order valence-corrected chi connectivity index (χ1v) is 13.1. The Bertz CT molecular complexity index is 1160. The first-order valence-electron chi connectivity index (χ1n) is 9.90. The Hall–Kier alpha value is -1.98. The maximum absolute atomic E-state index is 12.9. The smallest absolute Gasteiger partial charge is 0.243 e. The van der Waals surface area contributed by atoms with Gasteiger partial charge in [0, 0.05) is 24.5 Å². The molecule has 7 nitrogen and oxygen atoms in total. The first-order chi connectivity index (χ1) is 14.9. The number of morpholine rings is 1. The molecular formula is C21H24N4O3S3. The molecule has 3 aromatic rings. The molecule has 0 bridgehead atoms. The lowest BCUT2D eigenvalue weighted by Crippen LogP contribution is -2.40. The summed E-state index contributed by atoms with van der Waals surface area (Å²) in [6, 6.07) is 13.2. The normalized spacial score (nSPS) is 15.2. The van der Waals surface area contributed by atoms with E-state index in [0.717, 1.165) is 20.7 Å². The number of aromatic nitrogens is 2. The number of ether oxygens (including phenoxy) is 1. The number of hydrogen-bond acceptors (Lipinski definition) is 8. The van der Waals surface area contributed by atoms with Crippen LogP contribution in [0.5, 0.6) is 0 Å². The van der Waals surface area contributed by atoms with Crippen LogP contribution in [-0.4, -0.2) is 49.2 Å². The van der Waals surface area contributed by atoms with Gasteiger partial charge in [-0.1, -0.05) is 47.4 Å². The zero-order valence-corrected chi connectivity index (χ0v) is 19.8. The van der Waals surface area contributed by atoms with Crippen molar-refractivity contribution < 1.29 is 13.2 Å². The summed E-state index contributed by atoms with van der Waals surface area (Å²) in [6.07, 6.45) is 0. The van der Waals surface area contributed by atoms with Crippen LogP contribution in [0, 0.1) is 13.8 Å². The van der Waals surface area contributed by atoms with Gasteiger partial charge in [-0.25, -0.2) is 8.42 Å². The summed E-state index contributed by atoms with van der Waals surface area (Å²) in [7, 11) is -3.50. The quantitative estimate of drug-likeness (QED) is 0.511. The molecule has 0 radical (unpaired) electrons. The minimum Gasteiger partial charge on any atom is -0.379 e.